The fourth-order valence-electron chi connectivity index (χ4n) is 2.66. The molecule has 1 saturated heterocycles. The first kappa shape index (κ1) is 13.9. The van der Waals surface area contributed by atoms with Crippen LogP contribution in [0.4, 0.5) is 0 Å². The highest BCUT2D eigenvalue weighted by molar-refractivity contribution is 6.30. The van der Waals surface area contributed by atoms with E-state index in [1.165, 1.54) is 5.56 Å². The minimum absolute atomic E-state index is 0.413. The van der Waals surface area contributed by atoms with E-state index < -0.39 is 0 Å². The fraction of sp³-hybridized carbons (Fsp3) is 0.600. The molecule has 1 fully saturated rings. The van der Waals surface area contributed by atoms with Crippen molar-refractivity contribution in [2.75, 3.05) is 26.7 Å². The lowest BCUT2D eigenvalue weighted by Crippen LogP contribution is -2.31. The zero-order valence-corrected chi connectivity index (χ0v) is 12.2. The standard InChI is InChI=1S/C15H23ClN2/c1-11-8-17-9-14(11)10-18(3)12(2)13-5-4-6-15(16)7-13/h4-7,11-12,14,17H,8-10H2,1-3H3. The van der Waals surface area contributed by atoms with Crippen LogP contribution in [0.2, 0.25) is 5.02 Å². The number of nitrogens with zero attached hydrogens (tertiary/aromatic N) is 1. The highest BCUT2D eigenvalue weighted by Gasteiger charge is 2.25. The SMILES string of the molecule is CC1CNCC1CN(C)C(C)c1cccc(Cl)c1. The molecular formula is C15H23ClN2. The van der Waals surface area contributed by atoms with Gasteiger partial charge in [0, 0.05) is 17.6 Å². The van der Waals surface area contributed by atoms with Gasteiger partial charge in [-0.1, -0.05) is 30.7 Å². The average Bonchev–Trinajstić information content (AvgIpc) is 2.74. The Morgan fingerprint density at radius 3 is 2.83 bits per heavy atom. The van der Waals surface area contributed by atoms with Crippen molar-refractivity contribution in [1.29, 1.82) is 0 Å². The first-order valence-corrected chi connectivity index (χ1v) is 7.12. The minimum atomic E-state index is 0.413. The lowest BCUT2D eigenvalue weighted by Gasteiger charge is -2.29. The number of nitrogens with one attached hydrogen (secondary N) is 1. The summed E-state index contributed by atoms with van der Waals surface area (Å²) < 4.78 is 0. The van der Waals surface area contributed by atoms with E-state index in [1.807, 2.05) is 12.1 Å². The summed E-state index contributed by atoms with van der Waals surface area (Å²) in [6.07, 6.45) is 0. The summed E-state index contributed by atoms with van der Waals surface area (Å²) >= 11 is 6.06. The van der Waals surface area contributed by atoms with E-state index >= 15 is 0 Å². The molecular weight excluding hydrogens is 244 g/mol. The Labute approximate surface area is 115 Å². The zero-order valence-electron chi connectivity index (χ0n) is 11.5. The van der Waals surface area contributed by atoms with Gasteiger partial charge in [-0.25, -0.2) is 0 Å². The molecule has 1 heterocycles. The molecule has 0 aliphatic carbocycles. The fourth-order valence-corrected chi connectivity index (χ4v) is 2.86. The molecule has 2 rings (SSSR count). The van der Waals surface area contributed by atoms with Crippen LogP contribution < -0.4 is 5.32 Å². The van der Waals surface area contributed by atoms with E-state index in [0.717, 1.165) is 36.5 Å². The molecule has 100 valence electrons. The predicted molar refractivity (Wildman–Crippen MR) is 78.0 cm³/mol. The summed E-state index contributed by atoms with van der Waals surface area (Å²) in [6, 6.07) is 8.60. The van der Waals surface area contributed by atoms with E-state index in [2.05, 4.69) is 43.2 Å². The van der Waals surface area contributed by atoms with E-state index in [1.54, 1.807) is 0 Å². The largest absolute Gasteiger partial charge is 0.316 e. The lowest BCUT2D eigenvalue weighted by molar-refractivity contribution is 0.208. The minimum Gasteiger partial charge on any atom is -0.316 e. The monoisotopic (exact) mass is 266 g/mol. The zero-order chi connectivity index (χ0) is 13.1. The molecule has 0 saturated carbocycles. The third kappa shape index (κ3) is 3.25. The highest BCUT2D eigenvalue weighted by Crippen LogP contribution is 2.25. The number of hydrogen-bond acceptors (Lipinski definition) is 2. The van der Waals surface area contributed by atoms with Crippen molar-refractivity contribution in [3.8, 4) is 0 Å². The quantitative estimate of drug-likeness (QED) is 0.901. The second kappa shape index (κ2) is 6.05. The molecule has 0 aromatic heterocycles. The molecule has 1 aromatic rings. The molecule has 1 N–H and O–H groups in total. The van der Waals surface area contributed by atoms with Crippen LogP contribution in [-0.4, -0.2) is 31.6 Å². The molecule has 3 unspecified atom stereocenters. The van der Waals surface area contributed by atoms with Crippen molar-refractivity contribution in [2.24, 2.45) is 11.8 Å². The Morgan fingerprint density at radius 2 is 2.22 bits per heavy atom. The third-order valence-corrected chi connectivity index (χ3v) is 4.43. The van der Waals surface area contributed by atoms with Gasteiger partial charge in [-0.05, 0) is 56.6 Å². The summed E-state index contributed by atoms with van der Waals surface area (Å²) in [7, 11) is 2.20. The molecule has 18 heavy (non-hydrogen) atoms. The van der Waals surface area contributed by atoms with Gasteiger partial charge in [-0.15, -0.1) is 0 Å². The molecule has 2 nitrogen and oxygen atoms in total. The topological polar surface area (TPSA) is 15.3 Å². The third-order valence-electron chi connectivity index (χ3n) is 4.19. The van der Waals surface area contributed by atoms with Crippen LogP contribution in [0.3, 0.4) is 0 Å². The lowest BCUT2D eigenvalue weighted by atomic mass is 9.96. The van der Waals surface area contributed by atoms with Gasteiger partial charge in [0.2, 0.25) is 0 Å². The van der Waals surface area contributed by atoms with Crippen LogP contribution in [0.25, 0.3) is 0 Å². The molecule has 1 aliphatic rings. The number of rotatable bonds is 4. The van der Waals surface area contributed by atoms with E-state index in [9.17, 15) is 0 Å². The molecule has 0 amide bonds. The molecule has 0 spiro atoms. The van der Waals surface area contributed by atoms with Gasteiger partial charge >= 0.3 is 0 Å². The van der Waals surface area contributed by atoms with Crippen LogP contribution in [0, 0.1) is 11.8 Å². The van der Waals surface area contributed by atoms with Crippen molar-refractivity contribution >= 4 is 11.6 Å². The molecule has 3 heteroatoms. The maximum Gasteiger partial charge on any atom is 0.0409 e. The Balaban J connectivity index is 1.98. The Kier molecular flexibility index (Phi) is 4.66. The normalized spacial score (nSPS) is 25.6. The van der Waals surface area contributed by atoms with E-state index in [4.69, 9.17) is 11.6 Å². The maximum atomic E-state index is 6.06. The van der Waals surface area contributed by atoms with Crippen LogP contribution >= 0.6 is 11.6 Å². The van der Waals surface area contributed by atoms with Crippen molar-refractivity contribution in [1.82, 2.24) is 10.2 Å². The van der Waals surface area contributed by atoms with Crippen molar-refractivity contribution in [3.63, 3.8) is 0 Å². The van der Waals surface area contributed by atoms with E-state index in [-0.39, 0.29) is 0 Å². The number of halogens is 1. The predicted octanol–water partition coefficient (Wildman–Crippen LogP) is 3.19. The summed E-state index contributed by atoms with van der Waals surface area (Å²) in [5.74, 6) is 1.54. The number of hydrogen-bond donors (Lipinski definition) is 1. The van der Waals surface area contributed by atoms with Gasteiger partial charge in [0.15, 0.2) is 0 Å². The highest BCUT2D eigenvalue weighted by atomic mass is 35.5. The molecule has 1 aliphatic heterocycles. The Hall–Kier alpha value is -0.570. The van der Waals surface area contributed by atoms with Crippen LogP contribution in [-0.2, 0) is 0 Å². The Morgan fingerprint density at radius 1 is 1.44 bits per heavy atom. The van der Waals surface area contributed by atoms with Gasteiger partial charge in [0.25, 0.3) is 0 Å². The van der Waals surface area contributed by atoms with Crippen molar-refractivity contribution < 1.29 is 0 Å². The number of benzene rings is 1. The van der Waals surface area contributed by atoms with Crippen LogP contribution in [0.15, 0.2) is 24.3 Å². The molecule has 1 aromatic carbocycles. The second-order valence-corrected chi connectivity index (χ2v) is 6.00. The first-order chi connectivity index (χ1) is 8.58. The summed E-state index contributed by atoms with van der Waals surface area (Å²) in [6.45, 7) is 8.03. The summed E-state index contributed by atoms with van der Waals surface area (Å²) in [5.41, 5.74) is 1.30. The van der Waals surface area contributed by atoms with E-state index in [0.29, 0.717) is 6.04 Å². The van der Waals surface area contributed by atoms with Gasteiger partial charge in [-0.2, -0.15) is 0 Å². The summed E-state index contributed by atoms with van der Waals surface area (Å²) in [5, 5.41) is 4.29. The van der Waals surface area contributed by atoms with Crippen LogP contribution in [0.5, 0.6) is 0 Å². The second-order valence-electron chi connectivity index (χ2n) is 5.57. The van der Waals surface area contributed by atoms with Gasteiger partial charge < -0.3 is 5.32 Å². The smallest absolute Gasteiger partial charge is 0.0409 e. The molecule has 0 bridgehead atoms. The van der Waals surface area contributed by atoms with Gasteiger partial charge in [-0.3, -0.25) is 4.90 Å². The molecule has 0 radical (unpaired) electrons. The van der Waals surface area contributed by atoms with Gasteiger partial charge in [0.05, 0.1) is 0 Å². The van der Waals surface area contributed by atoms with Gasteiger partial charge in [0.1, 0.15) is 0 Å². The average molecular weight is 267 g/mol. The first-order valence-electron chi connectivity index (χ1n) is 6.74. The van der Waals surface area contributed by atoms with Crippen molar-refractivity contribution in [2.45, 2.75) is 19.9 Å². The van der Waals surface area contributed by atoms with Crippen molar-refractivity contribution in [3.05, 3.63) is 34.9 Å². The Bertz CT molecular complexity index is 394. The van der Waals surface area contributed by atoms with Crippen LogP contribution in [0.1, 0.15) is 25.5 Å². The summed E-state index contributed by atoms with van der Waals surface area (Å²) in [4.78, 5) is 2.43. The molecule has 3 atom stereocenters. The maximum absolute atomic E-state index is 6.06.